The quantitative estimate of drug-likeness (QED) is 0.832. The Labute approximate surface area is 109 Å². The number of hydrogen-bond donors (Lipinski definition) is 1. The van der Waals surface area contributed by atoms with E-state index in [2.05, 4.69) is 27.9 Å². The second-order valence-corrected chi connectivity index (χ2v) is 5.02. The van der Waals surface area contributed by atoms with Crippen molar-refractivity contribution in [3.05, 3.63) is 26.8 Å². The van der Waals surface area contributed by atoms with E-state index in [1.165, 1.54) is 0 Å². The highest BCUT2D eigenvalue weighted by molar-refractivity contribution is 14.1. The number of halogens is 2. The third kappa shape index (κ3) is 3.65. The van der Waals surface area contributed by atoms with Gasteiger partial charge < -0.3 is 5.32 Å². The Morgan fingerprint density at radius 3 is 2.80 bits per heavy atom. The molecular formula is C11H13ClINO. The van der Waals surface area contributed by atoms with Gasteiger partial charge in [0.15, 0.2) is 0 Å². The van der Waals surface area contributed by atoms with Crippen molar-refractivity contribution in [2.24, 2.45) is 5.92 Å². The summed E-state index contributed by atoms with van der Waals surface area (Å²) in [5.41, 5.74) is 0.824. The van der Waals surface area contributed by atoms with Crippen LogP contribution in [0.3, 0.4) is 0 Å². The minimum Gasteiger partial charge on any atom is -0.325 e. The van der Waals surface area contributed by atoms with Gasteiger partial charge in [-0.2, -0.15) is 0 Å². The highest BCUT2D eigenvalue weighted by atomic mass is 127. The first kappa shape index (κ1) is 12.8. The van der Waals surface area contributed by atoms with Crippen LogP contribution in [0.5, 0.6) is 0 Å². The molecule has 0 saturated carbocycles. The Morgan fingerprint density at radius 2 is 2.27 bits per heavy atom. The maximum atomic E-state index is 11.6. The zero-order valence-corrected chi connectivity index (χ0v) is 11.6. The van der Waals surface area contributed by atoms with E-state index in [0.717, 1.165) is 15.7 Å². The van der Waals surface area contributed by atoms with Crippen LogP contribution < -0.4 is 5.32 Å². The predicted octanol–water partition coefficient (Wildman–Crippen LogP) is 3.93. The Bertz CT molecular complexity index is 368. The lowest BCUT2D eigenvalue weighted by atomic mass is 10.1. The lowest BCUT2D eigenvalue weighted by molar-refractivity contribution is -0.119. The van der Waals surface area contributed by atoms with Gasteiger partial charge in [0, 0.05) is 14.5 Å². The third-order valence-corrected chi connectivity index (χ3v) is 3.38. The van der Waals surface area contributed by atoms with Crippen molar-refractivity contribution < 1.29 is 4.79 Å². The summed E-state index contributed by atoms with van der Waals surface area (Å²) < 4.78 is 0.955. The van der Waals surface area contributed by atoms with E-state index in [9.17, 15) is 4.79 Å². The molecule has 1 aromatic rings. The SMILES string of the molecule is CCC(C)C(=O)Nc1ccc(Cl)cc1I. The highest BCUT2D eigenvalue weighted by Crippen LogP contribution is 2.22. The third-order valence-electron chi connectivity index (χ3n) is 2.25. The number of hydrogen-bond acceptors (Lipinski definition) is 1. The number of anilines is 1. The first-order chi connectivity index (χ1) is 7.04. The Hall–Kier alpha value is -0.290. The van der Waals surface area contributed by atoms with E-state index in [1.54, 1.807) is 6.07 Å². The molecule has 0 saturated heterocycles. The largest absolute Gasteiger partial charge is 0.325 e. The number of rotatable bonds is 3. The molecule has 1 unspecified atom stereocenters. The van der Waals surface area contributed by atoms with Gasteiger partial charge in [0.05, 0.1) is 5.69 Å². The maximum Gasteiger partial charge on any atom is 0.227 e. The average Bonchev–Trinajstić information content (AvgIpc) is 2.20. The molecule has 0 aliphatic heterocycles. The summed E-state index contributed by atoms with van der Waals surface area (Å²) in [6.07, 6.45) is 0.843. The molecule has 0 aliphatic carbocycles. The molecule has 0 bridgehead atoms. The highest BCUT2D eigenvalue weighted by Gasteiger charge is 2.11. The molecule has 1 amide bonds. The molecule has 0 aromatic heterocycles. The number of amides is 1. The summed E-state index contributed by atoms with van der Waals surface area (Å²) in [6, 6.07) is 5.43. The molecule has 1 rings (SSSR count). The van der Waals surface area contributed by atoms with Crippen LogP contribution in [0.15, 0.2) is 18.2 Å². The van der Waals surface area contributed by atoms with Crippen LogP contribution in [0.1, 0.15) is 20.3 Å². The fourth-order valence-corrected chi connectivity index (χ4v) is 2.04. The molecule has 0 heterocycles. The van der Waals surface area contributed by atoms with Gasteiger partial charge in [-0.15, -0.1) is 0 Å². The van der Waals surface area contributed by atoms with Gasteiger partial charge in [0.1, 0.15) is 0 Å². The fourth-order valence-electron chi connectivity index (χ4n) is 1.03. The zero-order valence-electron chi connectivity index (χ0n) is 8.68. The van der Waals surface area contributed by atoms with Crippen molar-refractivity contribution in [2.45, 2.75) is 20.3 Å². The Balaban J connectivity index is 2.77. The molecule has 2 nitrogen and oxygen atoms in total. The molecule has 1 aromatic carbocycles. The lowest BCUT2D eigenvalue weighted by Crippen LogP contribution is -2.20. The van der Waals surface area contributed by atoms with Crippen molar-refractivity contribution >= 4 is 45.8 Å². The number of carbonyl (C=O) groups excluding carboxylic acids is 1. The zero-order chi connectivity index (χ0) is 11.4. The van der Waals surface area contributed by atoms with Crippen molar-refractivity contribution in [3.63, 3.8) is 0 Å². The fraction of sp³-hybridized carbons (Fsp3) is 0.364. The first-order valence-corrected chi connectivity index (χ1v) is 6.26. The van der Waals surface area contributed by atoms with E-state index in [1.807, 2.05) is 26.0 Å². The average molecular weight is 338 g/mol. The number of nitrogens with one attached hydrogen (secondary N) is 1. The summed E-state index contributed by atoms with van der Waals surface area (Å²) in [4.78, 5) is 11.6. The summed E-state index contributed by atoms with van der Waals surface area (Å²) in [7, 11) is 0. The minimum atomic E-state index is 0.0384. The second-order valence-electron chi connectivity index (χ2n) is 3.42. The van der Waals surface area contributed by atoms with Crippen LogP contribution in [-0.4, -0.2) is 5.91 Å². The Kier molecular flexibility index (Phi) is 4.86. The summed E-state index contributed by atoms with van der Waals surface area (Å²) in [5.74, 6) is 0.0919. The van der Waals surface area contributed by atoms with Gasteiger partial charge in [0.2, 0.25) is 5.91 Å². The van der Waals surface area contributed by atoms with Crippen molar-refractivity contribution in [2.75, 3.05) is 5.32 Å². The van der Waals surface area contributed by atoms with E-state index in [0.29, 0.717) is 5.02 Å². The van der Waals surface area contributed by atoms with Gasteiger partial charge >= 0.3 is 0 Å². The second kappa shape index (κ2) is 5.70. The minimum absolute atomic E-state index is 0.0384. The topological polar surface area (TPSA) is 29.1 Å². The molecular weight excluding hydrogens is 324 g/mol. The van der Waals surface area contributed by atoms with Crippen molar-refractivity contribution in [1.82, 2.24) is 0 Å². The van der Waals surface area contributed by atoms with Crippen LogP contribution in [0.2, 0.25) is 5.02 Å². The van der Waals surface area contributed by atoms with E-state index in [-0.39, 0.29) is 11.8 Å². The molecule has 0 spiro atoms. The smallest absolute Gasteiger partial charge is 0.227 e. The van der Waals surface area contributed by atoms with Crippen molar-refractivity contribution in [1.29, 1.82) is 0 Å². The normalized spacial score (nSPS) is 12.3. The number of carbonyl (C=O) groups is 1. The lowest BCUT2D eigenvalue weighted by Gasteiger charge is -2.11. The van der Waals surface area contributed by atoms with Gasteiger partial charge in [0.25, 0.3) is 0 Å². The molecule has 15 heavy (non-hydrogen) atoms. The van der Waals surface area contributed by atoms with E-state index in [4.69, 9.17) is 11.6 Å². The van der Waals surface area contributed by atoms with Crippen LogP contribution in [0, 0.1) is 9.49 Å². The maximum absolute atomic E-state index is 11.6. The molecule has 1 atom stereocenters. The van der Waals surface area contributed by atoms with Crippen LogP contribution in [0.25, 0.3) is 0 Å². The first-order valence-electron chi connectivity index (χ1n) is 4.80. The summed E-state index contributed by atoms with van der Waals surface area (Å²) in [6.45, 7) is 3.91. The monoisotopic (exact) mass is 337 g/mol. The summed E-state index contributed by atoms with van der Waals surface area (Å²) >= 11 is 7.98. The van der Waals surface area contributed by atoms with Crippen LogP contribution in [-0.2, 0) is 4.79 Å². The number of benzene rings is 1. The van der Waals surface area contributed by atoms with Gasteiger partial charge in [-0.05, 0) is 47.2 Å². The molecule has 0 aliphatic rings. The van der Waals surface area contributed by atoms with Gasteiger partial charge in [-0.3, -0.25) is 4.79 Å². The molecule has 4 heteroatoms. The van der Waals surface area contributed by atoms with Crippen LogP contribution >= 0.6 is 34.2 Å². The molecule has 0 radical (unpaired) electrons. The standard InChI is InChI=1S/C11H13ClINO/c1-3-7(2)11(15)14-10-5-4-8(12)6-9(10)13/h4-7H,3H2,1-2H3,(H,14,15). The summed E-state index contributed by atoms with van der Waals surface area (Å²) in [5, 5.41) is 3.56. The van der Waals surface area contributed by atoms with Crippen molar-refractivity contribution in [3.8, 4) is 0 Å². The van der Waals surface area contributed by atoms with E-state index < -0.39 is 0 Å². The molecule has 0 fully saturated rings. The Morgan fingerprint density at radius 1 is 1.60 bits per heavy atom. The van der Waals surface area contributed by atoms with Gasteiger partial charge in [-0.1, -0.05) is 25.4 Å². The van der Waals surface area contributed by atoms with Gasteiger partial charge in [-0.25, -0.2) is 0 Å². The molecule has 82 valence electrons. The van der Waals surface area contributed by atoms with Crippen LogP contribution in [0.4, 0.5) is 5.69 Å². The van der Waals surface area contributed by atoms with E-state index >= 15 is 0 Å². The molecule has 1 N–H and O–H groups in total. The predicted molar refractivity (Wildman–Crippen MR) is 72.3 cm³/mol.